The van der Waals surface area contributed by atoms with Crippen LogP contribution in [0.25, 0.3) is 0 Å². The maximum Gasteiger partial charge on any atom is 0.269 e. The number of aryl methyl sites for hydroxylation is 1. The molecule has 2 heterocycles. The summed E-state index contributed by atoms with van der Waals surface area (Å²) in [4.78, 5) is 12.5. The van der Waals surface area contributed by atoms with Crippen LogP contribution in [-0.4, -0.2) is 35.4 Å². The number of carbonyl (C=O) groups excluding carboxylic acids is 1. The van der Waals surface area contributed by atoms with Crippen LogP contribution in [-0.2, 0) is 16.7 Å². The Morgan fingerprint density at radius 1 is 1.26 bits per heavy atom. The summed E-state index contributed by atoms with van der Waals surface area (Å²) in [5, 5.41) is 7.28. The highest BCUT2D eigenvalue weighted by Gasteiger charge is 2.34. The molecule has 5 heteroatoms. The smallest absolute Gasteiger partial charge is 0.269 e. The first kappa shape index (κ1) is 15.7. The topological polar surface area (TPSA) is 56.2 Å². The number of nitrogens with one attached hydrogen (secondary N) is 1. The summed E-state index contributed by atoms with van der Waals surface area (Å²) in [5.74, 6) is -0.0638. The van der Waals surface area contributed by atoms with E-state index in [0.717, 1.165) is 26.1 Å². The van der Waals surface area contributed by atoms with Gasteiger partial charge in [-0.1, -0.05) is 30.3 Å². The lowest BCUT2D eigenvalue weighted by molar-refractivity contribution is 0.0486. The number of hydrogen-bond donors (Lipinski definition) is 1. The summed E-state index contributed by atoms with van der Waals surface area (Å²) >= 11 is 0. The monoisotopic (exact) mass is 313 g/mol. The number of amides is 1. The minimum Gasteiger partial charge on any atom is -0.381 e. The van der Waals surface area contributed by atoms with Crippen LogP contribution in [0.15, 0.2) is 42.6 Å². The van der Waals surface area contributed by atoms with Crippen LogP contribution in [0.1, 0.15) is 35.8 Å². The molecular weight excluding hydrogens is 290 g/mol. The molecule has 0 radical (unpaired) electrons. The first-order valence-electron chi connectivity index (χ1n) is 8.18. The lowest BCUT2D eigenvalue weighted by Crippen LogP contribution is -2.45. The molecule has 0 bridgehead atoms. The average Bonchev–Trinajstić information content (AvgIpc) is 3.10. The molecule has 1 N–H and O–H groups in total. The van der Waals surface area contributed by atoms with Gasteiger partial charge in [-0.3, -0.25) is 9.48 Å². The normalized spacial score (nSPS) is 16.9. The number of ether oxygens (including phenoxy) is 1. The highest BCUT2D eigenvalue weighted by molar-refractivity contribution is 5.92. The highest BCUT2D eigenvalue weighted by Crippen LogP contribution is 2.34. The van der Waals surface area contributed by atoms with Gasteiger partial charge >= 0.3 is 0 Å². The van der Waals surface area contributed by atoms with Crippen LogP contribution in [0.5, 0.6) is 0 Å². The molecule has 1 aromatic heterocycles. The zero-order valence-corrected chi connectivity index (χ0v) is 13.5. The maximum absolute atomic E-state index is 12.5. The van der Waals surface area contributed by atoms with Crippen molar-refractivity contribution in [3.05, 3.63) is 53.9 Å². The fourth-order valence-corrected chi connectivity index (χ4v) is 3.24. The quantitative estimate of drug-likeness (QED) is 0.922. The van der Waals surface area contributed by atoms with E-state index in [1.807, 2.05) is 13.0 Å². The number of hydrogen-bond acceptors (Lipinski definition) is 3. The Labute approximate surface area is 136 Å². The summed E-state index contributed by atoms with van der Waals surface area (Å²) in [7, 11) is 0. The van der Waals surface area contributed by atoms with E-state index in [0.29, 0.717) is 18.8 Å². The first-order valence-corrected chi connectivity index (χ1v) is 8.18. The molecule has 1 saturated heterocycles. The predicted molar refractivity (Wildman–Crippen MR) is 88.4 cm³/mol. The molecule has 0 spiro atoms. The second kappa shape index (κ2) is 6.96. The molecule has 23 heavy (non-hydrogen) atoms. The van der Waals surface area contributed by atoms with Gasteiger partial charge in [-0.05, 0) is 31.4 Å². The van der Waals surface area contributed by atoms with Crippen LogP contribution >= 0.6 is 0 Å². The second-order valence-corrected chi connectivity index (χ2v) is 5.97. The minimum absolute atomic E-state index is 0.0494. The lowest BCUT2D eigenvalue weighted by atomic mass is 9.74. The molecule has 1 aliphatic heterocycles. The van der Waals surface area contributed by atoms with Crippen LogP contribution in [0.2, 0.25) is 0 Å². The van der Waals surface area contributed by atoms with Crippen LogP contribution < -0.4 is 5.32 Å². The van der Waals surface area contributed by atoms with Gasteiger partial charge in [0.25, 0.3) is 5.91 Å². The zero-order chi connectivity index (χ0) is 16.1. The Morgan fingerprint density at radius 2 is 2.00 bits per heavy atom. The van der Waals surface area contributed by atoms with Gasteiger partial charge in [0, 0.05) is 37.9 Å². The summed E-state index contributed by atoms with van der Waals surface area (Å²) in [5.41, 5.74) is 1.84. The fourth-order valence-electron chi connectivity index (χ4n) is 3.24. The number of benzene rings is 1. The van der Waals surface area contributed by atoms with Crippen molar-refractivity contribution in [2.45, 2.75) is 31.7 Å². The summed E-state index contributed by atoms with van der Waals surface area (Å²) in [6.07, 6.45) is 3.51. The van der Waals surface area contributed by atoms with Crippen molar-refractivity contribution in [1.82, 2.24) is 15.1 Å². The van der Waals surface area contributed by atoms with E-state index < -0.39 is 0 Å². The first-order chi connectivity index (χ1) is 11.2. The van der Waals surface area contributed by atoms with E-state index in [1.54, 1.807) is 16.9 Å². The van der Waals surface area contributed by atoms with Crippen molar-refractivity contribution in [2.24, 2.45) is 0 Å². The Kier molecular flexibility index (Phi) is 4.76. The van der Waals surface area contributed by atoms with Crippen LogP contribution in [0, 0.1) is 0 Å². The third-order valence-corrected chi connectivity index (χ3v) is 4.67. The summed E-state index contributed by atoms with van der Waals surface area (Å²) in [6, 6.07) is 12.2. The van der Waals surface area contributed by atoms with E-state index in [2.05, 4.69) is 34.7 Å². The van der Waals surface area contributed by atoms with Gasteiger partial charge in [0.05, 0.1) is 0 Å². The molecule has 0 aliphatic carbocycles. The second-order valence-electron chi connectivity index (χ2n) is 5.97. The van der Waals surface area contributed by atoms with Crippen molar-refractivity contribution in [3.63, 3.8) is 0 Å². The minimum atomic E-state index is -0.0638. The van der Waals surface area contributed by atoms with Crippen molar-refractivity contribution in [2.75, 3.05) is 19.8 Å². The molecular formula is C18H23N3O2. The largest absolute Gasteiger partial charge is 0.381 e. The number of rotatable bonds is 5. The molecule has 0 unspecified atom stereocenters. The van der Waals surface area contributed by atoms with Crippen molar-refractivity contribution >= 4 is 5.91 Å². The van der Waals surface area contributed by atoms with Gasteiger partial charge in [-0.2, -0.15) is 5.10 Å². The van der Waals surface area contributed by atoms with Gasteiger partial charge < -0.3 is 10.1 Å². The Hall–Kier alpha value is -2.14. The van der Waals surface area contributed by atoms with Gasteiger partial charge in [-0.15, -0.1) is 0 Å². The standard InChI is InChI=1S/C18H23N3O2/c1-2-21-16(8-11-20-21)17(22)19-14-18(9-12-23-13-10-18)15-6-4-3-5-7-15/h3-8,11H,2,9-10,12-14H2,1H3,(H,19,22). The summed E-state index contributed by atoms with van der Waals surface area (Å²) in [6.45, 7) is 4.75. The predicted octanol–water partition coefficient (Wildman–Crippen LogP) is 2.38. The molecule has 1 fully saturated rings. The fraction of sp³-hybridized carbons (Fsp3) is 0.444. The molecule has 2 aromatic rings. The van der Waals surface area contributed by atoms with Crippen LogP contribution in [0.3, 0.4) is 0 Å². The van der Waals surface area contributed by atoms with Crippen molar-refractivity contribution in [1.29, 1.82) is 0 Å². The molecule has 3 rings (SSSR count). The molecule has 0 saturated carbocycles. The Balaban J connectivity index is 1.76. The van der Waals surface area contributed by atoms with Gasteiger partial charge in [-0.25, -0.2) is 0 Å². The molecule has 0 atom stereocenters. The van der Waals surface area contributed by atoms with Crippen molar-refractivity contribution < 1.29 is 9.53 Å². The number of nitrogens with zero attached hydrogens (tertiary/aromatic N) is 2. The number of aromatic nitrogens is 2. The van der Waals surface area contributed by atoms with Crippen LogP contribution in [0.4, 0.5) is 0 Å². The average molecular weight is 313 g/mol. The number of carbonyl (C=O) groups is 1. The van der Waals surface area contributed by atoms with Gasteiger partial charge in [0.1, 0.15) is 5.69 Å². The third-order valence-electron chi connectivity index (χ3n) is 4.67. The van der Waals surface area contributed by atoms with Gasteiger partial charge in [0.15, 0.2) is 0 Å². The van der Waals surface area contributed by atoms with Crippen molar-refractivity contribution in [3.8, 4) is 0 Å². The molecule has 5 nitrogen and oxygen atoms in total. The maximum atomic E-state index is 12.5. The van der Waals surface area contributed by atoms with E-state index >= 15 is 0 Å². The Bertz CT molecular complexity index is 645. The molecule has 122 valence electrons. The van der Waals surface area contributed by atoms with E-state index in [4.69, 9.17) is 4.74 Å². The molecule has 1 aromatic carbocycles. The van der Waals surface area contributed by atoms with E-state index in [-0.39, 0.29) is 11.3 Å². The third kappa shape index (κ3) is 3.29. The highest BCUT2D eigenvalue weighted by atomic mass is 16.5. The Morgan fingerprint density at radius 3 is 2.70 bits per heavy atom. The summed E-state index contributed by atoms with van der Waals surface area (Å²) < 4.78 is 7.25. The molecule has 1 aliphatic rings. The van der Waals surface area contributed by atoms with E-state index in [1.165, 1.54) is 5.56 Å². The van der Waals surface area contributed by atoms with E-state index in [9.17, 15) is 4.79 Å². The van der Waals surface area contributed by atoms with Gasteiger partial charge in [0.2, 0.25) is 0 Å². The zero-order valence-electron chi connectivity index (χ0n) is 13.5. The SMILES string of the molecule is CCn1nccc1C(=O)NCC1(c2ccccc2)CCOCC1. The lowest BCUT2D eigenvalue weighted by Gasteiger charge is -2.38. The molecule has 1 amide bonds.